The Labute approximate surface area is 128 Å². The Morgan fingerprint density at radius 1 is 1.33 bits per heavy atom. The normalized spacial score (nSPS) is 20.2. The van der Waals surface area contributed by atoms with E-state index >= 15 is 0 Å². The maximum atomic E-state index is 12.2. The topological polar surface area (TPSA) is 41.1 Å². The van der Waals surface area contributed by atoms with Crippen LogP contribution in [0.15, 0.2) is 30.3 Å². The van der Waals surface area contributed by atoms with Crippen LogP contribution in [-0.4, -0.2) is 25.5 Å². The van der Waals surface area contributed by atoms with E-state index in [9.17, 15) is 4.79 Å². The molecule has 116 valence electrons. The predicted molar refractivity (Wildman–Crippen MR) is 87.2 cm³/mol. The van der Waals surface area contributed by atoms with Gasteiger partial charge in [0.05, 0.1) is 0 Å². The highest BCUT2D eigenvalue weighted by Gasteiger charge is 2.20. The zero-order valence-corrected chi connectivity index (χ0v) is 13.3. The smallest absolute Gasteiger partial charge is 0.220 e. The molecule has 0 radical (unpaired) electrons. The first kappa shape index (κ1) is 16.0. The lowest BCUT2D eigenvalue weighted by Gasteiger charge is -2.24. The van der Waals surface area contributed by atoms with Gasteiger partial charge in [-0.2, -0.15) is 0 Å². The van der Waals surface area contributed by atoms with Gasteiger partial charge in [-0.15, -0.1) is 0 Å². The van der Waals surface area contributed by atoms with Crippen LogP contribution in [0.25, 0.3) is 0 Å². The molecule has 1 aromatic carbocycles. The first-order chi connectivity index (χ1) is 10.2. The van der Waals surface area contributed by atoms with E-state index in [0.29, 0.717) is 24.2 Å². The van der Waals surface area contributed by atoms with E-state index in [1.54, 1.807) is 0 Å². The lowest BCUT2D eigenvalue weighted by Crippen LogP contribution is -2.38. The molecule has 0 aromatic heterocycles. The predicted octanol–water partition coefficient (Wildman–Crippen LogP) is 2.93. The molecule has 2 unspecified atom stereocenters. The van der Waals surface area contributed by atoms with Crippen LogP contribution in [0.5, 0.6) is 0 Å². The molecular formula is C18H28N2O. The highest BCUT2D eigenvalue weighted by molar-refractivity contribution is 5.76. The number of carbonyl (C=O) groups excluding carboxylic acids is 1. The van der Waals surface area contributed by atoms with Gasteiger partial charge in [0.1, 0.15) is 0 Å². The SMILES string of the molecule is CC(C)C(CC(=O)NCC1CCCNC1)c1ccccc1. The molecule has 1 saturated heterocycles. The molecule has 3 nitrogen and oxygen atoms in total. The molecule has 1 heterocycles. The Bertz CT molecular complexity index is 424. The molecular weight excluding hydrogens is 260 g/mol. The molecule has 3 heteroatoms. The number of carbonyl (C=O) groups is 1. The van der Waals surface area contributed by atoms with Gasteiger partial charge in [-0.3, -0.25) is 4.79 Å². The summed E-state index contributed by atoms with van der Waals surface area (Å²) in [6.45, 7) is 7.35. The lowest BCUT2D eigenvalue weighted by atomic mass is 9.85. The minimum Gasteiger partial charge on any atom is -0.356 e. The summed E-state index contributed by atoms with van der Waals surface area (Å²) in [7, 11) is 0. The van der Waals surface area contributed by atoms with Crippen molar-refractivity contribution in [2.24, 2.45) is 11.8 Å². The van der Waals surface area contributed by atoms with Crippen molar-refractivity contribution in [1.82, 2.24) is 10.6 Å². The molecule has 0 bridgehead atoms. The molecule has 1 fully saturated rings. The van der Waals surface area contributed by atoms with Crippen LogP contribution < -0.4 is 10.6 Å². The fourth-order valence-electron chi connectivity index (χ4n) is 3.07. The van der Waals surface area contributed by atoms with Gasteiger partial charge in [-0.25, -0.2) is 0 Å². The van der Waals surface area contributed by atoms with E-state index in [0.717, 1.165) is 19.6 Å². The van der Waals surface area contributed by atoms with Crippen molar-refractivity contribution in [3.8, 4) is 0 Å². The van der Waals surface area contributed by atoms with Gasteiger partial charge in [0, 0.05) is 13.0 Å². The summed E-state index contributed by atoms with van der Waals surface area (Å²) in [4.78, 5) is 12.2. The minimum absolute atomic E-state index is 0.183. The fourth-order valence-corrected chi connectivity index (χ4v) is 3.07. The van der Waals surface area contributed by atoms with Gasteiger partial charge in [0.15, 0.2) is 0 Å². The van der Waals surface area contributed by atoms with Crippen molar-refractivity contribution in [3.05, 3.63) is 35.9 Å². The number of hydrogen-bond acceptors (Lipinski definition) is 2. The van der Waals surface area contributed by atoms with Crippen LogP contribution in [0, 0.1) is 11.8 Å². The summed E-state index contributed by atoms with van der Waals surface area (Å²) in [6.07, 6.45) is 3.03. The summed E-state index contributed by atoms with van der Waals surface area (Å²) < 4.78 is 0. The largest absolute Gasteiger partial charge is 0.356 e. The minimum atomic E-state index is 0.183. The molecule has 1 aliphatic heterocycles. The van der Waals surface area contributed by atoms with Crippen molar-refractivity contribution in [2.75, 3.05) is 19.6 Å². The Morgan fingerprint density at radius 2 is 2.10 bits per heavy atom. The average molecular weight is 288 g/mol. The number of rotatable bonds is 6. The molecule has 2 N–H and O–H groups in total. The Hall–Kier alpha value is -1.35. The van der Waals surface area contributed by atoms with E-state index < -0.39 is 0 Å². The maximum Gasteiger partial charge on any atom is 0.220 e. The summed E-state index contributed by atoms with van der Waals surface area (Å²) in [5.74, 6) is 1.55. The molecule has 2 rings (SSSR count). The standard InChI is InChI=1S/C18H28N2O/c1-14(2)17(16-8-4-3-5-9-16)11-18(21)20-13-15-7-6-10-19-12-15/h3-5,8-9,14-15,17,19H,6-7,10-13H2,1-2H3,(H,20,21). The number of nitrogens with one attached hydrogen (secondary N) is 2. The van der Waals surface area contributed by atoms with E-state index in [1.807, 2.05) is 6.07 Å². The number of piperidine rings is 1. The second-order valence-electron chi connectivity index (χ2n) is 6.48. The molecule has 1 amide bonds. The monoisotopic (exact) mass is 288 g/mol. The van der Waals surface area contributed by atoms with Crippen LogP contribution in [0.2, 0.25) is 0 Å². The number of benzene rings is 1. The van der Waals surface area contributed by atoms with Crippen molar-refractivity contribution in [1.29, 1.82) is 0 Å². The second kappa shape index (κ2) is 8.18. The molecule has 1 aromatic rings. The van der Waals surface area contributed by atoms with Crippen molar-refractivity contribution < 1.29 is 4.79 Å². The lowest BCUT2D eigenvalue weighted by molar-refractivity contribution is -0.121. The van der Waals surface area contributed by atoms with Gasteiger partial charge < -0.3 is 10.6 Å². The third-order valence-corrected chi connectivity index (χ3v) is 4.42. The zero-order chi connectivity index (χ0) is 15.1. The third kappa shape index (κ3) is 5.16. The first-order valence-electron chi connectivity index (χ1n) is 8.19. The molecule has 0 spiro atoms. The van der Waals surface area contributed by atoms with Crippen molar-refractivity contribution >= 4 is 5.91 Å². The van der Waals surface area contributed by atoms with Crippen LogP contribution in [0.4, 0.5) is 0 Å². The highest BCUT2D eigenvalue weighted by atomic mass is 16.1. The van der Waals surface area contributed by atoms with Crippen LogP contribution in [0.3, 0.4) is 0 Å². The molecule has 2 atom stereocenters. The van der Waals surface area contributed by atoms with Gasteiger partial charge >= 0.3 is 0 Å². The van der Waals surface area contributed by atoms with Crippen LogP contribution in [-0.2, 0) is 4.79 Å². The van der Waals surface area contributed by atoms with Gasteiger partial charge in [0.25, 0.3) is 0 Å². The third-order valence-electron chi connectivity index (χ3n) is 4.42. The highest BCUT2D eigenvalue weighted by Crippen LogP contribution is 2.27. The molecule has 0 aliphatic carbocycles. The zero-order valence-electron chi connectivity index (χ0n) is 13.3. The van der Waals surface area contributed by atoms with Gasteiger partial charge in [-0.1, -0.05) is 44.2 Å². The van der Waals surface area contributed by atoms with E-state index in [4.69, 9.17) is 0 Å². The fraction of sp³-hybridized carbons (Fsp3) is 0.611. The van der Waals surface area contributed by atoms with E-state index in [2.05, 4.69) is 48.7 Å². The molecule has 21 heavy (non-hydrogen) atoms. The quantitative estimate of drug-likeness (QED) is 0.845. The summed E-state index contributed by atoms with van der Waals surface area (Å²) in [5.41, 5.74) is 1.27. The number of hydrogen-bond donors (Lipinski definition) is 2. The Morgan fingerprint density at radius 3 is 2.71 bits per heavy atom. The number of amides is 1. The first-order valence-corrected chi connectivity index (χ1v) is 8.19. The van der Waals surface area contributed by atoms with Crippen molar-refractivity contribution in [3.63, 3.8) is 0 Å². The van der Waals surface area contributed by atoms with Gasteiger partial charge in [0.2, 0.25) is 5.91 Å². The summed E-state index contributed by atoms with van der Waals surface area (Å²) in [6, 6.07) is 10.4. The average Bonchev–Trinajstić information content (AvgIpc) is 2.52. The summed E-state index contributed by atoms with van der Waals surface area (Å²) in [5, 5.41) is 6.52. The van der Waals surface area contributed by atoms with Crippen LogP contribution in [0.1, 0.15) is 44.6 Å². The molecule has 1 aliphatic rings. The summed E-state index contributed by atoms with van der Waals surface area (Å²) >= 11 is 0. The van der Waals surface area contributed by atoms with E-state index in [1.165, 1.54) is 18.4 Å². The maximum absolute atomic E-state index is 12.2. The van der Waals surface area contributed by atoms with Crippen molar-refractivity contribution in [2.45, 2.75) is 39.0 Å². The van der Waals surface area contributed by atoms with Gasteiger partial charge in [-0.05, 0) is 49.2 Å². The molecule has 0 saturated carbocycles. The van der Waals surface area contributed by atoms with Crippen LogP contribution >= 0.6 is 0 Å². The Balaban J connectivity index is 1.84. The van der Waals surface area contributed by atoms with E-state index in [-0.39, 0.29) is 5.91 Å². The second-order valence-corrected chi connectivity index (χ2v) is 6.48. The Kier molecular flexibility index (Phi) is 6.24.